The number of carbonyl (C=O) groups is 2. The molecule has 0 saturated heterocycles. The zero-order valence-electron chi connectivity index (χ0n) is 15.1. The highest BCUT2D eigenvalue weighted by Gasteiger charge is 2.24. The van der Waals surface area contributed by atoms with E-state index in [1.54, 1.807) is 48.2 Å². The fourth-order valence-corrected chi connectivity index (χ4v) is 2.75. The summed E-state index contributed by atoms with van der Waals surface area (Å²) < 4.78 is 10.1. The molecular weight excluding hydrogens is 354 g/mol. The van der Waals surface area contributed by atoms with E-state index in [-0.39, 0.29) is 18.4 Å². The van der Waals surface area contributed by atoms with Crippen LogP contribution in [0.2, 0.25) is 5.02 Å². The number of methoxy groups -OCH3 is 2. The maximum atomic E-state index is 13.1. The number of amides is 1. The van der Waals surface area contributed by atoms with Crippen LogP contribution in [0.5, 0.6) is 5.75 Å². The highest BCUT2D eigenvalue weighted by Crippen LogP contribution is 2.22. The topological polar surface area (TPSA) is 55.8 Å². The summed E-state index contributed by atoms with van der Waals surface area (Å²) in [7, 11) is 2.86. The number of esters is 1. The van der Waals surface area contributed by atoms with Gasteiger partial charge in [0, 0.05) is 18.1 Å². The third kappa shape index (κ3) is 4.99. The molecule has 1 unspecified atom stereocenters. The number of halogens is 1. The first-order chi connectivity index (χ1) is 12.5. The Morgan fingerprint density at radius 2 is 1.73 bits per heavy atom. The summed E-state index contributed by atoms with van der Waals surface area (Å²) in [5, 5.41) is 0.624. The second kappa shape index (κ2) is 9.25. The van der Waals surface area contributed by atoms with Crippen LogP contribution in [-0.2, 0) is 16.1 Å². The van der Waals surface area contributed by atoms with Crippen molar-refractivity contribution >= 4 is 23.5 Å². The minimum Gasteiger partial charge on any atom is -0.496 e. The molecule has 0 N–H and O–H groups in total. The Labute approximate surface area is 158 Å². The lowest BCUT2D eigenvalue weighted by Crippen LogP contribution is -2.37. The van der Waals surface area contributed by atoms with Gasteiger partial charge in [-0.05, 0) is 29.8 Å². The van der Waals surface area contributed by atoms with Crippen LogP contribution >= 0.6 is 11.6 Å². The summed E-state index contributed by atoms with van der Waals surface area (Å²) >= 11 is 5.93. The van der Waals surface area contributed by atoms with Crippen molar-refractivity contribution < 1.29 is 19.1 Å². The monoisotopic (exact) mass is 375 g/mol. The molecule has 6 heteroatoms. The van der Waals surface area contributed by atoms with E-state index in [9.17, 15) is 9.59 Å². The maximum absolute atomic E-state index is 13.1. The van der Waals surface area contributed by atoms with Crippen molar-refractivity contribution in [3.8, 4) is 5.75 Å². The van der Waals surface area contributed by atoms with Crippen LogP contribution in [0.4, 0.5) is 0 Å². The van der Waals surface area contributed by atoms with E-state index in [0.29, 0.717) is 22.9 Å². The molecule has 0 aromatic heterocycles. The first-order valence-electron chi connectivity index (χ1n) is 8.20. The normalized spacial score (nSPS) is 11.5. The molecule has 0 saturated carbocycles. The van der Waals surface area contributed by atoms with Crippen LogP contribution in [0.25, 0.3) is 0 Å². The van der Waals surface area contributed by atoms with Gasteiger partial charge in [0.05, 0.1) is 25.7 Å². The summed E-state index contributed by atoms with van der Waals surface area (Å²) in [6.07, 6.45) is 0. The molecule has 5 nitrogen and oxygen atoms in total. The highest BCUT2D eigenvalue weighted by molar-refractivity contribution is 6.30. The third-order valence-electron chi connectivity index (χ3n) is 4.01. The summed E-state index contributed by atoms with van der Waals surface area (Å²) in [5.74, 6) is -0.539. The lowest BCUT2D eigenvalue weighted by atomic mass is 10.1. The van der Waals surface area contributed by atoms with Crippen molar-refractivity contribution in [2.24, 2.45) is 5.92 Å². The van der Waals surface area contributed by atoms with Crippen molar-refractivity contribution in [3.63, 3.8) is 0 Å². The SMILES string of the molecule is COC(=O)C(C)CN(Cc1ccc(Cl)cc1)C(=O)c1ccccc1OC. The average molecular weight is 376 g/mol. The van der Waals surface area contributed by atoms with Crippen LogP contribution in [0, 0.1) is 5.92 Å². The number of ether oxygens (including phenoxy) is 2. The Kier molecular flexibility index (Phi) is 7.04. The molecule has 0 aliphatic carbocycles. The summed E-state index contributed by atoms with van der Waals surface area (Å²) in [5.41, 5.74) is 1.36. The molecule has 0 aliphatic rings. The molecule has 26 heavy (non-hydrogen) atoms. The molecule has 0 spiro atoms. The standard InChI is InChI=1S/C20H22ClNO4/c1-14(20(24)26-3)12-22(13-15-8-10-16(21)11-9-15)19(23)17-6-4-5-7-18(17)25-2/h4-11,14H,12-13H2,1-3H3. The van der Waals surface area contributed by atoms with E-state index in [1.807, 2.05) is 12.1 Å². The van der Waals surface area contributed by atoms with Gasteiger partial charge in [0.1, 0.15) is 5.75 Å². The smallest absolute Gasteiger partial charge is 0.310 e. The van der Waals surface area contributed by atoms with E-state index in [1.165, 1.54) is 14.2 Å². The van der Waals surface area contributed by atoms with Crippen LogP contribution in [0.1, 0.15) is 22.8 Å². The number of carbonyl (C=O) groups excluding carboxylic acids is 2. The van der Waals surface area contributed by atoms with E-state index in [4.69, 9.17) is 21.1 Å². The summed E-state index contributed by atoms with van der Waals surface area (Å²) in [6.45, 7) is 2.30. The molecule has 138 valence electrons. The number of benzene rings is 2. The number of para-hydroxylation sites is 1. The van der Waals surface area contributed by atoms with Gasteiger partial charge >= 0.3 is 5.97 Å². The first kappa shape index (κ1) is 19.8. The van der Waals surface area contributed by atoms with E-state index in [2.05, 4.69) is 0 Å². The van der Waals surface area contributed by atoms with Crippen molar-refractivity contribution in [1.82, 2.24) is 4.90 Å². The van der Waals surface area contributed by atoms with Gasteiger partial charge in [-0.3, -0.25) is 9.59 Å². The van der Waals surface area contributed by atoms with Crippen LogP contribution in [-0.4, -0.2) is 37.5 Å². The second-order valence-corrected chi connectivity index (χ2v) is 6.37. The van der Waals surface area contributed by atoms with Crippen LogP contribution in [0.15, 0.2) is 48.5 Å². The molecule has 1 amide bonds. The highest BCUT2D eigenvalue weighted by atomic mass is 35.5. The first-order valence-corrected chi connectivity index (χ1v) is 8.58. The van der Waals surface area contributed by atoms with Crippen molar-refractivity contribution in [2.45, 2.75) is 13.5 Å². The molecule has 2 rings (SSSR count). The Morgan fingerprint density at radius 3 is 2.35 bits per heavy atom. The number of rotatable bonds is 7. The lowest BCUT2D eigenvalue weighted by Gasteiger charge is -2.26. The molecule has 0 fully saturated rings. The maximum Gasteiger partial charge on any atom is 0.310 e. The second-order valence-electron chi connectivity index (χ2n) is 5.94. The molecule has 0 heterocycles. The van der Waals surface area contributed by atoms with Crippen molar-refractivity contribution in [1.29, 1.82) is 0 Å². The Bertz CT molecular complexity index is 761. The van der Waals surface area contributed by atoms with E-state index < -0.39 is 5.92 Å². The molecule has 2 aromatic carbocycles. The van der Waals surface area contributed by atoms with Gasteiger partial charge < -0.3 is 14.4 Å². The van der Waals surface area contributed by atoms with Crippen molar-refractivity contribution in [2.75, 3.05) is 20.8 Å². The van der Waals surface area contributed by atoms with Gasteiger partial charge in [0.15, 0.2) is 0 Å². The zero-order valence-corrected chi connectivity index (χ0v) is 15.8. The predicted molar refractivity (Wildman–Crippen MR) is 100 cm³/mol. The van der Waals surface area contributed by atoms with E-state index in [0.717, 1.165) is 5.56 Å². The Morgan fingerprint density at radius 1 is 1.08 bits per heavy atom. The zero-order chi connectivity index (χ0) is 19.1. The third-order valence-corrected chi connectivity index (χ3v) is 4.26. The predicted octanol–water partition coefficient (Wildman–Crippen LogP) is 3.80. The molecular formula is C20H22ClNO4. The minimum atomic E-state index is -0.453. The van der Waals surface area contributed by atoms with Gasteiger partial charge in [-0.15, -0.1) is 0 Å². The number of hydrogen-bond donors (Lipinski definition) is 0. The fraction of sp³-hybridized carbons (Fsp3) is 0.300. The van der Waals surface area contributed by atoms with E-state index >= 15 is 0 Å². The van der Waals surface area contributed by atoms with Crippen molar-refractivity contribution in [3.05, 3.63) is 64.7 Å². The molecule has 0 radical (unpaired) electrons. The van der Waals surface area contributed by atoms with Gasteiger partial charge in [-0.2, -0.15) is 0 Å². The summed E-state index contributed by atoms with van der Waals surface area (Å²) in [4.78, 5) is 26.5. The largest absolute Gasteiger partial charge is 0.496 e. The molecule has 1 atom stereocenters. The molecule has 2 aromatic rings. The number of hydrogen-bond acceptors (Lipinski definition) is 4. The minimum absolute atomic E-state index is 0.215. The fourth-order valence-electron chi connectivity index (χ4n) is 2.63. The quantitative estimate of drug-likeness (QED) is 0.691. The van der Waals surface area contributed by atoms with Crippen LogP contribution < -0.4 is 4.74 Å². The Hall–Kier alpha value is -2.53. The van der Waals surface area contributed by atoms with Gasteiger partial charge in [0.25, 0.3) is 5.91 Å². The van der Waals surface area contributed by atoms with Crippen LogP contribution in [0.3, 0.4) is 0 Å². The summed E-state index contributed by atoms with van der Waals surface area (Å²) in [6, 6.07) is 14.3. The Balaban J connectivity index is 2.30. The molecule has 0 aliphatic heterocycles. The molecule has 0 bridgehead atoms. The number of nitrogens with zero attached hydrogens (tertiary/aromatic N) is 1. The lowest BCUT2D eigenvalue weighted by molar-refractivity contribution is -0.145. The van der Waals surface area contributed by atoms with Gasteiger partial charge in [-0.25, -0.2) is 0 Å². The van der Waals surface area contributed by atoms with Gasteiger partial charge in [-0.1, -0.05) is 42.8 Å². The average Bonchev–Trinajstić information content (AvgIpc) is 2.67. The van der Waals surface area contributed by atoms with Gasteiger partial charge in [0.2, 0.25) is 0 Å².